The monoisotopic (exact) mass is 476 g/mol. The molecular weight excluding hydrogens is 453 g/mol. The molecule has 9 heteroatoms. The molecule has 3 rings (SSSR count). The maximum absolute atomic E-state index is 13.9. The molecule has 1 aliphatic heterocycles. The minimum absolute atomic E-state index is 0. The minimum atomic E-state index is -0.528. The van der Waals surface area contributed by atoms with Crippen LogP contribution < -0.4 is 15.5 Å². The molecule has 2 aromatic rings. The van der Waals surface area contributed by atoms with Crippen molar-refractivity contribution >= 4 is 35.6 Å². The molecule has 26 heavy (non-hydrogen) atoms. The van der Waals surface area contributed by atoms with Crippen LogP contribution in [-0.4, -0.2) is 41.9 Å². The third-order valence-electron chi connectivity index (χ3n) is 4.37. The van der Waals surface area contributed by atoms with Crippen LogP contribution in [0, 0.1) is 11.6 Å². The van der Waals surface area contributed by atoms with Crippen molar-refractivity contribution in [3.8, 4) is 0 Å². The van der Waals surface area contributed by atoms with Crippen LogP contribution in [0.1, 0.15) is 12.1 Å². The lowest BCUT2D eigenvalue weighted by molar-refractivity contribution is 0.575. The summed E-state index contributed by atoms with van der Waals surface area (Å²) >= 11 is 0. The van der Waals surface area contributed by atoms with Crippen molar-refractivity contribution in [2.45, 2.75) is 19.0 Å². The molecule has 1 atom stereocenters. The number of hydrogen-bond acceptors (Lipinski definition) is 3. The SMILES string of the molecule is CN=C(NCc1ccnn1C)NC1CCN(c2c(F)cccc2F)C1.I. The molecule has 0 bridgehead atoms. The molecular formula is C17H23F2IN6. The molecule has 0 radical (unpaired) electrons. The molecule has 6 nitrogen and oxygen atoms in total. The van der Waals surface area contributed by atoms with E-state index in [1.807, 2.05) is 13.1 Å². The molecule has 0 spiro atoms. The van der Waals surface area contributed by atoms with Gasteiger partial charge in [-0.15, -0.1) is 24.0 Å². The lowest BCUT2D eigenvalue weighted by Crippen LogP contribution is -2.44. The van der Waals surface area contributed by atoms with Gasteiger partial charge in [0.2, 0.25) is 0 Å². The fraction of sp³-hybridized carbons (Fsp3) is 0.412. The number of anilines is 1. The van der Waals surface area contributed by atoms with Gasteiger partial charge in [0.15, 0.2) is 5.96 Å². The molecule has 142 valence electrons. The van der Waals surface area contributed by atoms with Gasteiger partial charge < -0.3 is 15.5 Å². The van der Waals surface area contributed by atoms with Crippen molar-refractivity contribution in [3.63, 3.8) is 0 Å². The highest BCUT2D eigenvalue weighted by molar-refractivity contribution is 14.0. The van der Waals surface area contributed by atoms with Crippen molar-refractivity contribution in [3.05, 3.63) is 47.8 Å². The Balaban J connectivity index is 0.00000243. The van der Waals surface area contributed by atoms with E-state index < -0.39 is 11.6 Å². The van der Waals surface area contributed by atoms with Crippen molar-refractivity contribution in [2.24, 2.45) is 12.0 Å². The van der Waals surface area contributed by atoms with E-state index in [2.05, 4.69) is 20.7 Å². The number of aryl methyl sites for hydroxylation is 1. The van der Waals surface area contributed by atoms with Crippen LogP contribution in [0.15, 0.2) is 35.5 Å². The van der Waals surface area contributed by atoms with E-state index in [1.54, 1.807) is 22.8 Å². The third-order valence-corrected chi connectivity index (χ3v) is 4.37. The van der Waals surface area contributed by atoms with Gasteiger partial charge in [0.1, 0.15) is 17.3 Å². The van der Waals surface area contributed by atoms with Crippen LogP contribution in [0.2, 0.25) is 0 Å². The van der Waals surface area contributed by atoms with Gasteiger partial charge in [-0.3, -0.25) is 9.67 Å². The Labute approximate surface area is 168 Å². The number of hydrogen-bond donors (Lipinski definition) is 2. The number of rotatable bonds is 4. The highest BCUT2D eigenvalue weighted by Gasteiger charge is 2.27. The second-order valence-corrected chi connectivity index (χ2v) is 6.02. The zero-order chi connectivity index (χ0) is 17.8. The fourth-order valence-electron chi connectivity index (χ4n) is 3.01. The summed E-state index contributed by atoms with van der Waals surface area (Å²) in [6, 6.07) is 5.95. The first-order valence-corrected chi connectivity index (χ1v) is 8.21. The minimum Gasteiger partial charge on any atom is -0.365 e. The summed E-state index contributed by atoms with van der Waals surface area (Å²) < 4.78 is 29.6. The van der Waals surface area contributed by atoms with Crippen LogP contribution in [0.5, 0.6) is 0 Å². The van der Waals surface area contributed by atoms with Crippen LogP contribution in [-0.2, 0) is 13.6 Å². The first kappa shape index (κ1) is 20.4. The average Bonchev–Trinajstić information content (AvgIpc) is 3.20. The van der Waals surface area contributed by atoms with Gasteiger partial charge in [0.05, 0.1) is 12.2 Å². The lowest BCUT2D eigenvalue weighted by atomic mass is 10.2. The predicted molar refractivity (Wildman–Crippen MR) is 109 cm³/mol. The standard InChI is InChI=1S/C17H22F2N6.HI/c1-20-17(21-10-13-6-8-22-24(13)2)23-12-7-9-25(11-12)16-14(18)4-3-5-15(16)19;/h3-6,8,12H,7,9-11H2,1-2H3,(H2,20,21,23);1H. The molecule has 1 aliphatic rings. The largest absolute Gasteiger partial charge is 0.365 e. The summed E-state index contributed by atoms with van der Waals surface area (Å²) in [6.45, 7) is 1.70. The number of aliphatic imine (C=N–C) groups is 1. The molecule has 0 saturated carbocycles. The number of nitrogens with one attached hydrogen (secondary N) is 2. The average molecular weight is 476 g/mol. The van der Waals surface area contributed by atoms with Gasteiger partial charge in [-0.05, 0) is 24.6 Å². The first-order chi connectivity index (χ1) is 12.1. The summed E-state index contributed by atoms with van der Waals surface area (Å²) in [5.74, 6) is -0.402. The molecule has 2 heterocycles. The molecule has 0 aliphatic carbocycles. The summed E-state index contributed by atoms with van der Waals surface area (Å²) in [6.07, 6.45) is 2.52. The highest BCUT2D eigenvalue weighted by Crippen LogP contribution is 2.26. The Morgan fingerprint density at radius 2 is 2.04 bits per heavy atom. The van der Waals surface area contributed by atoms with Gasteiger partial charge in [0.25, 0.3) is 0 Å². The second kappa shape index (κ2) is 9.15. The van der Waals surface area contributed by atoms with Gasteiger partial charge in [-0.25, -0.2) is 8.78 Å². The summed E-state index contributed by atoms with van der Waals surface area (Å²) in [7, 11) is 3.58. The van der Waals surface area contributed by atoms with Gasteiger partial charge >= 0.3 is 0 Å². The van der Waals surface area contributed by atoms with Crippen LogP contribution >= 0.6 is 24.0 Å². The van der Waals surface area contributed by atoms with E-state index in [-0.39, 0.29) is 35.7 Å². The van der Waals surface area contributed by atoms with Gasteiger partial charge in [0, 0.05) is 39.4 Å². The Hall–Kier alpha value is -1.91. The number of nitrogens with zero attached hydrogens (tertiary/aromatic N) is 4. The Kier molecular flexibility index (Phi) is 7.18. The zero-order valence-corrected chi connectivity index (χ0v) is 17.1. The smallest absolute Gasteiger partial charge is 0.191 e. The molecule has 0 amide bonds. The fourth-order valence-corrected chi connectivity index (χ4v) is 3.01. The Morgan fingerprint density at radius 1 is 1.31 bits per heavy atom. The Bertz CT molecular complexity index is 743. The number of guanidine groups is 1. The van der Waals surface area contributed by atoms with Gasteiger partial charge in [-0.2, -0.15) is 5.10 Å². The van der Waals surface area contributed by atoms with Crippen molar-refractivity contribution < 1.29 is 8.78 Å². The maximum atomic E-state index is 13.9. The van der Waals surface area contributed by atoms with Crippen LogP contribution in [0.4, 0.5) is 14.5 Å². The van der Waals surface area contributed by atoms with Crippen molar-refractivity contribution in [2.75, 3.05) is 25.0 Å². The van der Waals surface area contributed by atoms with E-state index in [4.69, 9.17) is 0 Å². The quantitative estimate of drug-likeness (QED) is 0.404. The Morgan fingerprint density at radius 3 is 2.65 bits per heavy atom. The van der Waals surface area contributed by atoms with E-state index in [0.29, 0.717) is 25.6 Å². The van der Waals surface area contributed by atoms with E-state index in [0.717, 1.165) is 12.1 Å². The summed E-state index contributed by atoms with van der Waals surface area (Å²) in [5.41, 5.74) is 1.08. The van der Waals surface area contributed by atoms with E-state index >= 15 is 0 Å². The molecule has 1 saturated heterocycles. The van der Waals surface area contributed by atoms with Crippen molar-refractivity contribution in [1.82, 2.24) is 20.4 Å². The van der Waals surface area contributed by atoms with E-state index in [1.165, 1.54) is 18.2 Å². The van der Waals surface area contributed by atoms with E-state index in [9.17, 15) is 8.78 Å². The summed E-state index contributed by atoms with van der Waals surface area (Å²) in [4.78, 5) is 5.94. The second-order valence-electron chi connectivity index (χ2n) is 6.02. The number of benzene rings is 1. The maximum Gasteiger partial charge on any atom is 0.191 e. The van der Waals surface area contributed by atoms with Crippen LogP contribution in [0.25, 0.3) is 0 Å². The molecule has 1 aromatic heterocycles. The van der Waals surface area contributed by atoms with Gasteiger partial charge in [-0.1, -0.05) is 6.07 Å². The summed E-state index contributed by atoms with van der Waals surface area (Å²) in [5, 5.41) is 10.7. The highest BCUT2D eigenvalue weighted by atomic mass is 127. The first-order valence-electron chi connectivity index (χ1n) is 8.21. The molecule has 1 unspecified atom stereocenters. The topological polar surface area (TPSA) is 57.5 Å². The third kappa shape index (κ3) is 4.63. The number of aromatic nitrogens is 2. The molecule has 1 aromatic carbocycles. The molecule has 1 fully saturated rings. The van der Waals surface area contributed by atoms with Crippen LogP contribution in [0.3, 0.4) is 0 Å². The lowest BCUT2D eigenvalue weighted by Gasteiger charge is -2.21. The van der Waals surface area contributed by atoms with Crippen molar-refractivity contribution in [1.29, 1.82) is 0 Å². The molecule has 2 N–H and O–H groups in total. The zero-order valence-electron chi connectivity index (χ0n) is 14.7. The predicted octanol–water partition coefficient (Wildman–Crippen LogP) is 2.26. The number of halogens is 3. The number of para-hydroxylation sites is 1. The normalized spacial score (nSPS) is 17.2.